The summed E-state index contributed by atoms with van der Waals surface area (Å²) in [6.45, 7) is 6.50. The van der Waals surface area contributed by atoms with Crippen LogP contribution < -0.4 is 4.84 Å². The van der Waals surface area contributed by atoms with Gasteiger partial charge in [-0.05, 0) is 32.9 Å². The fourth-order valence-electron chi connectivity index (χ4n) is 1.88. The van der Waals surface area contributed by atoms with Crippen molar-refractivity contribution in [1.82, 2.24) is 14.7 Å². The lowest BCUT2D eigenvalue weighted by Crippen LogP contribution is -2.10. The molecule has 2 heterocycles. The van der Waals surface area contributed by atoms with Gasteiger partial charge in [-0.2, -0.15) is 4.73 Å². The van der Waals surface area contributed by atoms with Gasteiger partial charge in [-0.25, -0.2) is 4.98 Å². The van der Waals surface area contributed by atoms with Crippen LogP contribution in [0.25, 0.3) is 10.9 Å². The SMILES string of the molecule is CCOn1cc(C)nc1C.c1ccc2ncccc2c1. The first-order valence-corrected chi connectivity index (χ1v) is 6.66. The number of fused-ring (bicyclic) bond motifs is 1. The Morgan fingerprint density at radius 2 is 1.85 bits per heavy atom. The largest absolute Gasteiger partial charge is 0.413 e. The summed E-state index contributed by atoms with van der Waals surface area (Å²) < 4.78 is 1.69. The maximum absolute atomic E-state index is 5.21. The molecule has 4 nitrogen and oxygen atoms in total. The van der Waals surface area contributed by atoms with E-state index in [1.54, 1.807) is 4.73 Å². The van der Waals surface area contributed by atoms with Crippen molar-refractivity contribution in [2.45, 2.75) is 20.8 Å². The molecule has 0 radical (unpaired) electrons. The van der Waals surface area contributed by atoms with E-state index in [1.165, 1.54) is 5.39 Å². The molecule has 0 spiro atoms. The molecule has 0 bridgehead atoms. The summed E-state index contributed by atoms with van der Waals surface area (Å²) in [6.07, 6.45) is 3.68. The molecular formula is C16H19N3O. The number of pyridine rings is 1. The molecule has 4 heteroatoms. The number of rotatable bonds is 2. The molecule has 20 heavy (non-hydrogen) atoms. The molecule has 2 aromatic heterocycles. The van der Waals surface area contributed by atoms with E-state index in [2.05, 4.69) is 22.1 Å². The zero-order valence-corrected chi connectivity index (χ0v) is 12.1. The van der Waals surface area contributed by atoms with Crippen LogP contribution in [0.4, 0.5) is 0 Å². The van der Waals surface area contributed by atoms with Crippen LogP contribution in [0.2, 0.25) is 0 Å². The van der Waals surface area contributed by atoms with Gasteiger partial charge in [-0.15, -0.1) is 0 Å². The summed E-state index contributed by atoms with van der Waals surface area (Å²) in [5.41, 5.74) is 2.05. The lowest BCUT2D eigenvalue weighted by atomic mass is 10.2. The lowest BCUT2D eigenvalue weighted by molar-refractivity contribution is 0.116. The fourth-order valence-corrected chi connectivity index (χ4v) is 1.88. The van der Waals surface area contributed by atoms with Crippen LogP contribution in [0.5, 0.6) is 0 Å². The minimum Gasteiger partial charge on any atom is -0.413 e. The van der Waals surface area contributed by atoms with Gasteiger partial charge >= 0.3 is 0 Å². The van der Waals surface area contributed by atoms with Gasteiger partial charge in [0.2, 0.25) is 0 Å². The fraction of sp³-hybridized carbons (Fsp3) is 0.250. The molecule has 3 rings (SSSR count). The van der Waals surface area contributed by atoms with Gasteiger partial charge in [0.05, 0.1) is 17.4 Å². The average Bonchev–Trinajstić information content (AvgIpc) is 2.78. The van der Waals surface area contributed by atoms with Gasteiger partial charge in [0.1, 0.15) is 12.4 Å². The van der Waals surface area contributed by atoms with E-state index in [1.807, 2.05) is 57.4 Å². The van der Waals surface area contributed by atoms with Gasteiger partial charge in [0.25, 0.3) is 0 Å². The molecule has 0 aliphatic heterocycles. The van der Waals surface area contributed by atoms with Crippen molar-refractivity contribution >= 4 is 10.9 Å². The first-order valence-electron chi connectivity index (χ1n) is 6.66. The van der Waals surface area contributed by atoms with Gasteiger partial charge in [-0.1, -0.05) is 24.3 Å². The number of hydrogen-bond acceptors (Lipinski definition) is 3. The second-order valence-corrected chi connectivity index (χ2v) is 4.37. The first-order chi connectivity index (χ1) is 9.70. The van der Waals surface area contributed by atoms with Crippen LogP contribution in [-0.2, 0) is 0 Å². The number of para-hydroxylation sites is 1. The highest BCUT2D eigenvalue weighted by molar-refractivity contribution is 5.77. The minimum absolute atomic E-state index is 0.677. The maximum Gasteiger partial charge on any atom is 0.141 e. The van der Waals surface area contributed by atoms with E-state index >= 15 is 0 Å². The van der Waals surface area contributed by atoms with Crippen molar-refractivity contribution in [2.75, 3.05) is 6.61 Å². The summed E-state index contributed by atoms with van der Waals surface area (Å²) in [4.78, 5) is 13.6. The van der Waals surface area contributed by atoms with Crippen molar-refractivity contribution in [3.8, 4) is 0 Å². The monoisotopic (exact) mass is 269 g/mol. The number of imidazole rings is 1. The van der Waals surface area contributed by atoms with Crippen molar-refractivity contribution in [3.63, 3.8) is 0 Å². The molecule has 1 aromatic carbocycles. The zero-order valence-electron chi connectivity index (χ0n) is 12.1. The third kappa shape index (κ3) is 3.57. The third-order valence-corrected chi connectivity index (χ3v) is 2.74. The van der Waals surface area contributed by atoms with Crippen molar-refractivity contribution in [2.24, 2.45) is 0 Å². The predicted octanol–water partition coefficient (Wildman–Crippen LogP) is 3.18. The van der Waals surface area contributed by atoms with Crippen LogP contribution in [0.1, 0.15) is 18.4 Å². The van der Waals surface area contributed by atoms with Crippen molar-refractivity contribution in [3.05, 3.63) is 60.3 Å². The van der Waals surface area contributed by atoms with Crippen molar-refractivity contribution < 1.29 is 4.84 Å². The van der Waals surface area contributed by atoms with Gasteiger partial charge in [0, 0.05) is 11.6 Å². The number of benzene rings is 1. The number of aromatic nitrogens is 3. The summed E-state index contributed by atoms with van der Waals surface area (Å²) >= 11 is 0. The molecule has 0 fully saturated rings. The molecule has 0 unspecified atom stereocenters. The first kappa shape index (κ1) is 14.1. The second kappa shape index (κ2) is 6.70. The van der Waals surface area contributed by atoms with Crippen LogP contribution in [0.15, 0.2) is 48.8 Å². The van der Waals surface area contributed by atoms with E-state index < -0.39 is 0 Å². The molecule has 3 aromatic rings. The molecule has 0 atom stereocenters. The summed E-state index contributed by atoms with van der Waals surface area (Å²) in [6, 6.07) is 12.1. The Morgan fingerprint density at radius 3 is 2.50 bits per heavy atom. The highest BCUT2D eigenvalue weighted by Gasteiger charge is 1.97. The Morgan fingerprint density at radius 1 is 1.10 bits per heavy atom. The van der Waals surface area contributed by atoms with Crippen LogP contribution in [0.3, 0.4) is 0 Å². The van der Waals surface area contributed by atoms with E-state index in [0.717, 1.165) is 17.0 Å². The Bertz CT molecular complexity index is 611. The third-order valence-electron chi connectivity index (χ3n) is 2.74. The molecule has 0 saturated carbocycles. The molecule has 0 N–H and O–H groups in total. The Labute approximate surface area is 119 Å². The highest BCUT2D eigenvalue weighted by Crippen LogP contribution is 2.07. The molecular weight excluding hydrogens is 250 g/mol. The zero-order chi connectivity index (χ0) is 14.4. The Kier molecular flexibility index (Phi) is 4.71. The summed E-state index contributed by atoms with van der Waals surface area (Å²) in [5, 5.41) is 1.20. The molecule has 104 valence electrons. The summed E-state index contributed by atoms with van der Waals surface area (Å²) in [7, 11) is 0. The standard InChI is InChI=1S/C9H7N.C7H12N2O/c1-2-6-9-8(4-1)5-3-7-10-9;1-4-10-9-5-6(2)8-7(9)3/h1-7H;5H,4H2,1-3H3. The normalized spacial score (nSPS) is 9.95. The second-order valence-electron chi connectivity index (χ2n) is 4.37. The smallest absolute Gasteiger partial charge is 0.141 e. The van der Waals surface area contributed by atoms with E-state index in [0.29, 0.717) is 6.61 Å². The van der Waals surface area contributed by atoms with Crippen molar-refractivity contribution in [1.29, 1.82) is 0 Å². The van der Waals surface area contributed by atoms with Crippen LogP contribution in [0, 0.1) is 13.8 Å². The van der Waals surface area contributed by atoms with Gasteiger partial charge < -0.3 is 4.84 Å². The molecule has 0 saturated heterocycles. The predicted molar refractivity (Wildman–Crippen MR) is 80.6 cm³/mol. The molecule has 0 aliphatic carbocycles. The van der Waals surface area contributed by atoms with Gasteiger partial charge in [-0.3, -0.25) is 4.98 Å². The average molecular weight is 269 g/mol. The van der Waals surface area contributed by atoms with Crippen LogP contribution in [-0.4, -0.2) is 21.3 Å². The summed E-state index contributed by atoms with van der Waals surface area (Å²) in [5.74, 6) is 0.902. The highest BCUT2D eigenvalue weighted by atomic mass is 16.7. The number of aryl methyl sites for hydroxylation is 2. The van der Waals surface area contributed by atoms with E-state index in [9.17, 15) is 0 Å². The lowest BCUT2D eigenvalue weighted by Gasteiger charge is -2.02. The number of hydrogen-bond donors (Lipinski definition) is 0. The van der Waals surface area contributed by atoms with E-state index in [-0.39, 0.29) is 0 Å². The van der Waals surface area contributed by atoms with E-state index in [4.69, 9.17) is 4.84 Å². The Hall–Kier alpha value is -2.36. The quantitative estimate of drug-likeness (QED) is 0.717. The minimum atomic E-state index is 0.677. The maximum atomic E-state index is 5.21. The van der Waals surface area contributed by atoms with Crippen LogP contribution >= 0.6 is 0 Å². The number of nitrogens with zero attached hydrogens (tertiary/aromatic N) is 3. The van der Waals surface area contributed by atoms with Gasteiger partial charge in [0.15, 0.2) is 0 Å². The Balaban J connectivity index is 0.000000147. The topological polar surface area (TPSA) is 39.9 Å². The molecule has 0 amide bonds. The molecule has 0 aliphatic rings.